The van der Waals surface area contributed by atoms with Gasteiger partial charge in [0.05, 0.1) is 36.1 Å². The first-order chi connectivity index (χ1) is 14.9. The predicted molar refractivity (Wildman–Crippen MR) is 114 cm³/mol. The normalized spacial score (nSPS) is 22.0. The molecule has 0 aromatic heterocycles. The summed E-state index contributed by atoms with van der Waals surface area (Å²) in [4.78, 5) is 1.81. The highest BCUT2D eigenvalue weighted by Gasteiger charge is 2.46. The van der Waals surface area contributed by atoms with E-state index in [-0.39, 0.29) is 30.4 Å². The summed E-state index contributed by atoms with van der Waals surface area (Å²) >= 11 is 0. The van der Waals surface area contributed by atoms with E-state index in [1.807, 2.05) is 6.92 Å². The number of aliphatic hydroxyl groups excluding tert-OH is 1. The molecule has 1 aliphatic heterocycles. The summed E-state index contributed by atoms with van der Waals surface area (Å²) in [6.07, 6.45) is 1.52. The molecule has 2 aromatic rings. The molecule has 0 spiro atoms. The van der Waals surface area contributed by atoms with Crippen LogP contribution in [0, 0.1) is 0 Å². The van der Waals surface area contributed by atoms with E-state index in [2.05, 4.69) is 4.40 Å². The first-order valence-electron chi connectivity index (χ1n) is 10.0. The molecule has 9 heteroatoms. The lowest BCUT2D eigenvalue weighted by Gasteiger charge is -2.45. The fourth-order valence-corrected chi connectivity index (χ4v) is 4.81. The molecule has 1 saturated heterocycles. The van der Waals surface area contributed by atoms with Crippen LogP contribution in [0.4, 0.5) is 0 Å². The van der Waals surface area contributed by atoms with E-state index in [0.29, 0.717) is 35.7 Å². The zero-order valence-corrected chi connectivity index (χ0v) is 17.9. The molecular formula is C22H24N2O6S. The lowest BCUT2D eigenvalue weighted by Crippen LogP contribution is -2.50. The van der Waals surface area contributed by atoms with Gasteiger partial charge in [0.1, 0.15) is 5.75 Å². The minimum absolute atomic E-state index is 0.0345. The predicted octanol–water partition coefficient (Wildman–Crippen LogP) is 1.63. The Hall–Kier alpha value is -2.72. The number of nitrogens with zero attached hydrogens (tertiary/aromatic N) is 2. The van der Waals surface area contributed by atoms with Gasteiger partial charge in [0.15, 0.2) is 0 Å². The molecule has 0 amide bonds. The standard InChI is InChI=1S/C22H24N2O6S/c1-2-29-16-7-9-17(10-8-16)31(27,28)23-20-15-21-22(26,19-6-4-3-5-18(19)20)30-14-12-24(21)11-13-25/h3-10,15,25-26H,2,11-14H2,1H3/t22-/m1/s1. The molecule has 1 heterocycles. The lowest BCUT2D eigenvalue weighted by atomic mass is 9.86. The van der Waals surface area contributed by atoms with Crippen molar-refractivity contribution in [3.05, 3.63) is 71.4 Å². The van der Waals surface area contributed by atoms with E-state index in [1.165, 1.54) is 18.2 Å². The van der Waals surface area contributed by atoms with Crippen LogP contribution >= 0.6 is 0 Å². The summed E-state index contributed by atoms with van der Waals surface area (Å²) < 4.78 is 41.2. The van der Waals surface area contributed by atoms with Crippen LogP contribution < -0.4 is 4.74 Å². The third kappa shape index (κ3) is 3.97. The maximum absolute atomic E-state index is 13.0. The molecule has 2 N–H and O–H groups in total. The third-order valence-electron chi connectivity index (χ3n) is 5.22. The molecule has 31 heavy (non-hydrogen) atoms. The number of morpholine rings is 1. The van der Waals surface area contributed by atoms with Gasteiger partial charge < -0.3 is 24.6 Å². The van der Waals surface area contributed by atoms with E-state index in [4.69, 9.17) is 9.47 Å². The van der Waals surface area contributed by atoms with Gasteiger partial charge >= 0.3 is 0 Å². The molecule has 0 radical (unpaired) electrons. The Bertz CT molecular complexity index is 1120. The third-order valence-corrected chi connectivity index (χ3v) is 6.53. The van der Waals surface area contributed by atoms with Gasteiger partial charge in [0.25, 0.3) is 10.0 Å². The summed E-state index contributed by atoms with van der Waals surface area (Å²) in [5.41, 5.74) is 1.43. The monoisotopic (exact) mass is 444 g/mol. The van der Waals surface area contributed by atoms with Gasteiger partial charge in [0.2, 0.25) is 5.79 Å². The number of fused-ring (bicyclic) bond motifs is 3. The Kier molecular flexibility index (Phi) is 5.85. The van der Waals surface area contributed by atoms with Gasteiger partial charge in [0, 0.05) is 24.2 Å². The maximum Gasteiger partial charge on any atom is 0.282 e. The minimum Gasteiger partial charge on any atom is -0.494 e. The fourth-order valence-electron chi connectivity index (χ4n) is 3.81. The molecule has 0 saturated carbocycles. The Morgan fingerprint density at radius 1 is 1.19 bits per heavy atom. The van der Waals surface area contributed by atoms with Crippen molar-refractivity contribution in [2.45, 2.75) is 17.6 Å². The Morgan fingerprint density at radius 3 is 2.65 bits per heavy atom. The largest absolute Gasteiger partial charge is 0.494 e. The number of β-amino-alcohol motifs (C(OH)–C–C–N with tert-alkyl or cyclic N) is 1. The zero-order chi connectivity index (χ0) is 22.1. The zero-order valence-electron chi connectivity index (χ0n) is 17.1. The highest BCUT2D eigenvalue weighted by molar-refractivity contribution is 7.90. The number of hydrogen-bond donors (Lipinski definition) is 2. The van der Waals surface area contributed by atoms with Crippen molar-refractivity contribution in [1.82, 2.24) is 4.90 Å². The van der Waals surface area contributed by atoms with Gasteiger partial charge in [-0.25, -0.2) is 0 Å². The number of sulfonamides is 1. The van der Waals surface area contributed by atoms with Crippen molar-refractivity contribution in [3.8, 4) is 5.75 Å². The number of aliphatic hydroxyl groups is 2. The summed E-state index contributed by atoms with van der Waals surface area (Å²) in [5.74, 6) is -1.16. The number of allylic oxidation sites excluding steroid dienone is 1. The second-order valence-electron chi connectivity index (χ2n) is 7.13. The van der Waals surface area contributed by atoms with Crippen molar-refractivity contribution in [2.24, 2.45) is 4.40 Å². The van der Waals surface area contributed by atoms with Gasteiger partial charge in [-0.15, -0.1) is 0 Å². The highest BCUT2D eigenvalue weighted by atomic mass is 32.2. The summed E-state index contributed by atoms with van der Waals surface area (Å²) in [6.45, 7) is 3.20. The molecule has 1 aliphatic carbocycles. The van der Waals surface area contributed by atoms with Crippen molar-refractivity contribution in [3.63, 3.8) is 0 Å². The number of hydrogen-bond acceptors (Lipinski definition) is 7. The average molecular weight is 445 g/mol. The van der Waals surface area contributed by atoms with E-state index in [0.717, 1.165) is 0 Å². The molecule has 2 aromatic carbocycles. The quantitative estimate of drug-likeness (QED) is 0.697. The van der Waals surface area contributed by atoms with Crippen LogP contribution in [0.3, 0.4) is 0 Å². The van der Waals surface area contributed by atoms with E-state index in [1.54, 1.807) is 41.3 Å². The van der Waals surface area contributed by atoms with Crippen LogP contribution in [-0.4, -0.2) is 62.2 Å². The average Bonchev–Trinajstić information content (AvgIpc) is 2.76. The Labute approximate surface area is 181 Å². The molecule has 2 aliphatic rings. The molecule has 164 valence electrons. The first kappa shape index (κ1) is 21.5. The number of rotatable bonds is 6. The number of benzene rings is 2. The van der Waals surface area contributed by atoms with Crippen LogP contribution in [0.5, 0.6) is 5.75 Å². The molecule has 8 nitrogen and oxygen atoms in total. The topological polar surface area (TPSA) is 109 Å². The molecule has 1 fully saturated rings. The fraction of sp³-hybridized carbons (Fsp3) is 0.318. The van der Waals surface area contributed by atoms with E-state index in [9.17, 15) is 18.6 Å². The summed E-state index contributed by atoms with van der Waals surface area (Å²) in [7, 11) is -4.02. The highest BCUT2D eigenvalue weighted by Crippen LogP contribution is 2.41. The van der Waals surface area contributed by atoms with Crippen molar-refractivity contribution < 1.29 is 28.1 Å². The molecule has 0 bridgehead atoms. The van der Waals surface area contributed by atoms with Gasteiger partial charge in [-0.1, -0.05) is 24.3 Å². The van der Waals surface area contributed by atoms with Crippen molar-refractivity contribution >= 4 is 15.7 Å². The van der Waals surface area contributed by atoms with Gasteiger partial charge in [-0.2, -0.15) is 12.8 Å². The summed E-state index contributed by atoms with van der Waals surface area (Å²) in [5, 5.41) is 20.7. The van der Waals surface area contributed by atoms with Gasteiger partial charge in [-0.05, 0) is 37.3 Å². The van der Waals surface area contributed by atoms with Gasteiger partial charge in [-0.3, -0.25) is 0 Å². The van der Waals surface area contributed by atoms with Crippen LogP contribution in [0.1, 0.15) is 18.1 Å². The molecule has 0 unspecified atom stereocenters. The Balaban J connectivity index is 1.82. The maximum atomic E-state index is 13.0. The van der Waals surface area contributed by atoms with Crippen molar-refractivity contribution in [1.29, 1.82) is 0 Å². The van der Waals surface area contributed by atoms with Crippen LogP contribution in [0.2, 0.25) is 0 Å². The SMILES string of the molecule is CCOc1ccc(S(=O)(=O)N=C2C=C3N(CCO)CCO[C@]3(O)c3ccccc32)cc1. The second kappa shape index (κ2) is 8.43. The summed E-state index contributed by atoms with van der Waals surface area (Å²) in [6, 6.07) is 12.9. The smallest absolute Gasteiger partial charge is 0.282 e. The van der Waals surface area contributed by atoms with Crippen LogP contribution in [0.15, 0.2) is 69.6 Å². The number of ether oxygens (including phenoxy) is 2. The second-order valence-corrected chi connectivity index (χ2v) is 8.74. The minimum atomic E-state index is -4.02. The molecule has 1 atom stereocenters. The van der Waals surface area contributed by atoms with Crippen LogP contribution in [-0.2, 0) is 20.5 Å². The molecule has 4 rings (SSSR count). The Morgan fingerprint density at radius 2 is 1.94 bits per heavy atom. The molecular weight excluding hydrogens is 420 g/mol. The van der Waals surface area contributed by atoms with Crippen molar-refractivity contribution in [2.75, 3.05) is 32.9 Å². The lowest BCUT2D eigenvalue weighted by molar-refractivity contribution is -0.219. The van der Waals surface area contributed by atoms with Crippen LogP contribution in [0.25, 0.3) is 0 Å². The van der Waals surface area contributed by atoms with E-state index < -0.39 is 15.8 Å². The first-order valence-corrected chi connectivity index (χ1v) is 11.4. The van der Waals surface area contributed by atoms with E-state index >= 15 is 0 Å².